The molecule has 1 aromatic carbocycles. The largest absolute Gasteiger partial charge is 0.445 e. The molecule has 1 aromatic rings. The van der Waals surface area contributed by atoms with Gasteiger partial charge in [-0.05, 0) is 5.56 Å². The average Bonchev–Trinajstić information content (AvgIpc) is 2.45. The minimum Gasteiger partial charge on any atom is -0.445 e. The molecule has 0 unspecified atom stereocenters. The predicted octanol–water partition coefficient (Wildman–Crippen LogP) is 1.09. The van der Waals surface area contributed by atoms with Crippen molar-refractivity contribution in [2.75, 3.05) is 21.1 Å². The Morgan fingerprint density at radius 3 is 1.94 bits per heavy atom. The second kappa shape index (κ2) is 9.95. The molecule has 6 nitrogen and oxygen atoms in total. The number of hydrogen-bond acceptors (Lipinski definition) is 3. The van der Waals surface area contributed by atoms with Gasteiger partial charge in [-0.3, -0.25) is 0 Å². The van der Waals surface area contributed by atoms with Crippen molar-refractivity contribution >= 4 is 12.1 Å². The number of alkyl carbamates (subject to hydrolysis) is 1. The minimum atomic E-state index is -0.404. The number of hydrogen-bond donors (Lipinski definition) is 3. The first kappa shape index (κ1) is 15.8. The van der Waals surface area contributed by atoms with Gasteiger partial charge < -0.3 is 20.7 Å². The quantitative estimate of drug-likeness (QED) is 0.738. The molecule has 3 amide bonds. The number of nitrogens with one attached hydrogen (secondary N) is 3. The van der Waals surface area contributed by atoms with Crippen molar-refractivity contribution in [2.24, 2.45) is 0 Å². The standard InChI is InChI=1S/C9H11NO2.C3H8N2O/c1-10-9(11)12-7-8-5-3-2-4-6-8;1-4-3(6)5-2/h2-6H,7H2,1H3,(H,10,11);1-2H3,(H2,4,5,6). The molecular weight excluding hydrogens is 234 g/mol. The van der Waals surface area contributed by atoms with Gasteiger partial charge in [-0.2, -0.15) is 0 Å². The summed E-state index contributed by atoms with van der Waals surface area (Å²) in [4.78, 5) is 20.6. The van der Waals surface area contributed by atoms with E-state index in [1.54, 1.807) is 14.1 Å². The highest BCUT2D eigenvalue weighted by Gasteiger charge is 1.96. The zero-order valence-electron chi connectivity index (χ0n) is 10.8. The van der Waals surface area contributed by atoms with Crippen molar-refractivity contribution in [2.45, 2.75) is 6.61 Å². The molecule has 0 saturated heterocycles. The fraction of sp³-hybridized carbons (Fsp3) is 0.333. The first-order valence-corrected chi connectivity index (χ1v) is 5.42. The fourth-order valence-corrected chi connectivity index (χ4v) is 0.920. The van der Waals surface area contributed by atoms with E-state index >= 15 is 0 Å². The normalized spacial score (nSPS) is 8.39. The van der Waals surface area contributed by atoms with Gasteiger partial charge in [0, 0.05) is 21.1 Å². The van der Waals surface area contributed by atoms with E-state index in [0.29, 0.717) is 6.61 Å². The van der Waals surface area contributed by atoms with Gasteiger partial charge in [-0.15, -0.1) is 0 Å². The summed E-state index contributed by atoms with van der Waals surface area (Å²) in [6, 6.07) is 9.38. The van der Waals surface area contributed by atoms with Gasteiger partial charge in [-0.25, -0.2) is 9.59 Å². The van der Waals surface area contributed by atoms with Gasteiger partial charge in [0.1, 0.15) is 6.61 Å². The van der Waals surface area contributed by atoms with Crippen molar-refractivity contribution in [3.05, 3.63) is 35.9 Å². The maximum Gasteiger partial charge on any atom is 0.407 e. The van der Waals surface area contributed by atoms with Crippen molar-refractivity contribution in [1.29, 1.82) is 0 Å². The molecule has 1 rings (SSSR count). The van der Waals surface area contributed by atoms with Crippen LogP contribution in [0.4, 0.5) is 9.59 Å². The molecule has 0 spiro atoms. The summed E-state index contributed by atoms with van der Waals surface area (Å²) in [6.07, 6.45) is -0.404. The summed E-state index contributed by atoms with van der Waals surface area (Å²) in [5.74, 6) is 0. The van der Waals surface area contributed by atoms with Crippen molar-refractivity contribution in [3.63, 3.8) is 0 Å². The second-order valence-electron chi connectivity index (χ2n) is 3.14. The van der Waals surface area contributed by atoms with Crippen molar-refractivity contribution in [1.82, 2.24) is 16.0 Å². The Morgan fingerprint density at radius 2 is 1.56 bits per heavy atom. The Bertz CT molecular complexity index is 349. The number of rotatable bonds is 2. The molecule has 0 aliphatic rings. The number of urea groups is 1. The molecule has 6 heteroatoms. The zero-order valence-corrected chi connectivity index (χ0v) is 10.8. The van der Waals surface area contributed by atoms with Crippen LogP contribution in [0.15, 0.2) is 30.3 Å². The SMILES string of the molecule is CNC(=O)NC.CNC(=O)OCc1ccccc1. The first-order valence-electron chi connectivity index (χ1n) is 5.42. The molecule has 0 saturated carbocycles. The molecule has 0 aromatic heterocycles. The molecule has 0 bridgehead atoms. The van der Waals surface area contributed by atoms with Crippen molar-refractivity contribution < 1.29 is 14.3 Å². The van der Waals surface area contributed by atoms with E-state index in [0.717, 1.165) is 5.56 Å². The summed E-state index contributed by atoms with van der Waals surface area (Å²) in [5, 5.41) is 7.10. The lowest BCUT2D eigenvalue weighted by molar-refractivity contribution is 0.142. The van der Waals surface area contributed by atoms with Gasteiger partial charge in [0.25, 0.3) is 0 Å². The van der Waals surface area contributed by atoms with Crippen LogP contribution in [0.3, 0.4) is 0 Å². The Balaban J connectivity index is 0.000000411. The van der Waals surface area contributed by atoms with Gasteiger partial charge >= 0.3 is 12.1 Å². The van der Waals surface area contributed by atoms with Crippen molar-refractivity contribution in [3.8, 4) is 0 Å². The van der Waals surface area contributed by atoms with E-state index in [1.807, 2.05) is 30.3 Å². The summed E-state index contributed by atoms with van der Waals surface area (Å²) in [5.41, 5.74) is 0.987. The van der Waals surface area contributed by atoms with Gasteiger partial charge in [0.2, 0.25) is 0 Å². The zero-order chi connectivity index (χ0) is 13.8. The third-order valence-corrected chi connectivity index (χ3v) is 1.87. The number of carbonyl (C=O) groups excluding carboxylic acids is 2. The molecule has 0 fully saturated rings. The van der Waals surface area contributed by atoms with Crippen LogP contribution in [-0.4, -0.2) is 33.3 Å². The Hall–Kier alpha value is -2.24. The Kier molecular flexibility index (Phi) is 8.71. The third kappa shape index (κ3) is 7.98. The lowest BCUT2D eigenvalue weighted by Crippen LogP contribution is -2.28. The molecular formula is C12H19N3O3. The van der Waals surface area contributed by atoms with Crippen LogP contribution in [0, 0.1) is 0 Å². The highest BCUT2D eigenvalue weighted by atomic mass is 16.5. The maximum absolute atomic E-state index is 10.7. The molecule has 0 atom stereocenters. The highest BCUT2D eigenvalue weighted by molar-refractivity contribution is 5.72. The molecule has 0 radical (unpaired) electrons. The van der Waals surface area contributed by atoms with Crippen LogP contribution in [-0.2, 0) is 11.3 Å². The smallest absolute Gasteiger partial charge is 0.407 e. The lowest BCUT2D eigenvalue weighted by atomic mass is 10.2. The molecule has 18 heavy (non-hydrogen) atoms. The van der Waals surface area contributed by atoms with E-state index in [2.05, 4.69) is 16.0 Å². The van der Waals surface area contributed by atoms with Crippen LogP contribution in [0.2, 0.25) is 0 Å². The highest BCUT2D eigenvalue weighted by Crippen LogP contribution is 1.99. The average molecular weight is 253 g/mol. The van der Waals surface area contributed by atoms with Crippen LogP contribution in [0.25, 0.3) is 0 Å². The van der Waals surface area contributed by atoms with E-state index in [1.165, 1.54) is 7.05 Å². The number of carbonyl (C=O) groups is 2. The summed E-state index contributed by atoms with van der Waals surface area (Å²) >= 11 is 0. The van der Waals surface area contributed by atoms with E-state index < -0.39 is 6.09 Å². The fourth-order valence-electron chi connectivity index (χ4n) is 0.920. The lowest BCUT2D eigenvalue weighted by Gasteiger charge is -2.02. The van der Waals surface area contributed by atoms with Crippen LogP contribution < -0.4 is 16.0 Å². The van der Waals surface area contributed by atoms with E-state index in [9.17, 15) is 9.59 Å². The van der Waals surface area contributed by atoms with Gasteiger partial charge in [0.15, 0.2) is 0 Å². The van der Waals surface area contributed by atoms with Gasteiger partial charge in [-0.1, -0.05) is 30.3 Å². The molecule has 100 valence electrons. The summed E-state index contributed by atoms with van der Waals surface area (Å²) in [7, 11) is 4.67. The van der Waals surface area contributed by atoms with E-state index in [-0.39, 0.29) is 6.03 Å². The molecule has 0 heterocycles. The maximum atomic E-state index is 10.7. The summed E-state index contributed by atoms with van der Waals surface area (Å²) < 4.78 is 4.83. The third-order valence-electron chi connectivity index (χ3n) is 1.87. The molecule has 0 aliphatic carbocycles. The predicted molar refractivity (Wildman–Crippen MR) is 69.2 cm³/mol. The van der Waals surface area contributed by atoms with Gasteiger partial charge in [0.05, 0.1) is 0 Å². The first-order chi connectivity index (χ1) is 8.63. The molecule has 3 N–H and O–H groups in total. The summed E-state index contributed by atoms with van der Waals surface area (Å²) in [6.45, 7) is 0.320. The van der Waals surface area contributed by atoms with E-state index in [4.69, 9.17) is 4.74 Å². The second-order valence-corrected chi connectivity index (χ2v) is 3.14. The Morgan fingerprint density at radius 1 is 1.00 bits per heavy atom. The van der Waals surface area contributed by atoms with Crippen LogP contribution in [0.5, 0.6) is 0 Å². The molecule has 0 aliphatic heterocycles. The number of amides is 3. The van der Waals surface area contributed by atoms with Crippen LogP contribution >= 0.6 is 0 Å². The monoisotopic (exact) mass is 253 g/mol. The number of ether oxygens (including phenoxy) is 1. The number of benzene rings is 1. The Labute approximate surface area is 107 Å². The minimum absolute atomic E-state index is 0.157. The topological polar surface area (TPSA) is 79.5 Å². The van der Waals surface area contributed by atoms with Crippen LogP contribution in [0.1, 0.15) is 5.56 Å².